The molecule has 1 aromatic heterocycles. The molecule has 1 aromatic carbocycles. The summed E-state index contributed by atoms with van der Waals surface area (Å²) in [6.45, 7) is 6.49. The van der Waals surface area contributed by atoms with E-state index < -0.39 is 5.41 Å². The van der Waals surface area contributed by atoms with E-state index in [0.717, 1.165) is 43.5 Å². The number of likely N-dealkylation sites (tertiary alicyclic amines) is 1. The summed E-state index contributed by atoms with van der Waals surface area (Å²) in [5, 5.41) is 12.7. The van der Waals surface area contributed by atoms with E-state index in [0.29, 0.717) is 56.2 Å². The Labute approximate surface area is 234 Å². The first kappa shape index (κ1) is 26.3. The normalized spacial score (nSPS) is 25.8. The molecule has 40 heavy (non-hydrogen) atoms. The van der Waals surface area contributed by atoms with E-state index in [1.807, 2.05) is 17.0 Å². The smallest absolute Gasteiger partial charge is 0.318 e. The summed E-state index contributed by atoms with van der Waals surface area (Å²) in [7, 11) is 2.11. The van der Waals surface area contributed by atoms with Gasteiger partial charge in [-0.05, 0) is 56.5 Å². The van der Waals surface area contributed by atoms with Crippen LogP contribution in [-0.4, -0.2) is 83.5 Å². The highest BCUT2D eigenvalue weighted by Gasteiger charge is 2.49. The highest BCUT2D eigenvalue weighted by atomic mass is 16.5. The number of piperazine rings is 1. The van der Waals surface area contributed by atoms with E-state index in [1.165, 1.54) is 11.6 Å². The molecule has 6 rings (SSSR count). The molecule has 1 unspecified atom stereocenters. The molecule has 0 saturated carbocycles. The summed E-state index contributed by atoms with van der Waals surface area (Å²) in [6.07, 6.45) is 5.74. The number of hydrogen-bond donors (Lipinski definition) is 1. The predicted octanol–water partition coefficient (Wildman–Crippen LogP) is 2.45. The largest absolute Gasteiger partial charge is 0.462 e. The standard InChI is InChI=1S/C30H35N7O3/c1-3-25(38)37-16-15-36(18-21(37)11-13-31)27-26-24(32-29(34-27)40-19-22-8-6-14-35(22)2)17-30(28(39)33-26)12-10-20-7-4-5-9-23(20)30/h3-5,7,9,21-22H,1,6,8,10-12,14-19H2,2H3,(H,33,39)/t21-,22-,30?/m0/s1. The summed E-state index contributed by atoms with van der Waals surface area (Å²) in [6, 6.07) is 10.7. The van der Waals surface area contributed by atoms with Gasteiger partial charge >= 0.3 is 6.01 Å². The van der Waals surface area contributed by atoms with Gasteiger partial charge in [-0.2, -0.15) is 15.2 Å². The molecule has 0 bridgehead atoms. The molecule has 10 nitrogen and oxygen atoms in total. The van der Waals surface area contributed by atoms with Crippen molar-refractivity contribution in [2.24, 2.45) is 0 Å². The van der Waals surface area contributed by atoms with E-state index in [-0.39, 0.29) is 24.3 Å². The van der Waals surface area contributed by atoms with Crippen molar-refractivity contribution >= 4 is 23.3 Å². The van der Waals surface area contributed by atoms with Crippen molar-refractivity contribution in [1.82, 2.24) is 19.8 Å². The topological polar surface area (TPSA) is 115 Å². The molecule has 3 aliphatic heterocycles. The Morgan fingerprint density at radius 3 is 2.90 bits per heavy atom. The molecule has 1 aliphatic carbocycles. The Hall–Kier alpha value is -3.97. The first-order valence-electron chi connectivity index (χ1n) is 14.1. The fourth-order valence-electron chi connectivity index (χ4n) is 6.82. The molecule has 2 aromatic rings. The number of aryl methyl sites for hydroxylation is 1. The number of carbonyl (C=O) groups excluding carboxylic acids is 2. The van der Waals surface area contributed by atoms with Crippen LogP contribution in [0.5, 0.6) is 6.01 Å². The average molecular weight is 542 g/mol. The van der Waals surface area contributed by atoms with E-state index in [4.69, 9.17) is 14.7 Å². The predicted molar refractivity (Wildman–Crippen MR) is 150 cm³/mol. The fourth-order valence-corrected chi connectivity index (χ4v) is 6.82. The first-order valence-corrected chi connectivity index (χ1v) is 14.1. The molecule has 10 heteroatoms. The third-order valence-electron chi connectivity index (χ3n) is 9.08. The number of anilines is 2. The van der Waals surface area contributed by atoms with E-state index in [9.17, 15) is 14.9 Å². The van der Waals surface area contributed by atoms with Crippen LogP contribution in [0.3, 0.4) is 0 Å². The number of nitrogens with zero attached hydrogens (tertiary/aromatic N) is 6. The zero-order chi connectivity index (χ0) is 27.9. The van der Waals surface area contributed by atoms with Gasteiger partial charge in [-0.15, -0.1) is 0 Å². The molecule has 0 radical (unpaired) electrons. The van der Waals surface area contributed by atoms with Crippen molar-refractivity contribution in [3.8, 4) is 12.1 Å². The molecule has 2 saturated heterocycles. The van der Waals surface area contributed by atoms with Gasteiger partial charge in [0.15, 0.2) is 5.82 Å². The molecule has 3 atom stereocenters. The van der Waals surface area contributed by atoms with E-state index >= 15 is 0 Å². The van der Waals surface area contributed by atoms with Gasteiger partial charge in [0.05, 0.1) is 29.6 Å². The second-order valence-corrected chi connectivity index (χ2v) is 11.3. The van der Waals surface area contributed by atoms with Gasteiger partial charge < -0.3 is 24.8 Å². The van der Waals surface area contributed by atoms with Crippen molar-refractivity contribution in [2.45, 2.75) is 56.0 Å². The summed E-state index contributed by atoms with van der Waals surface area (Å²) >= 11 is 0. The summed E-state index contributed by atoms with van der Waals surface area (Å²) in [5.41, 5.74) is 2.97. The monoisotopic (exact) mass is 541 g/mol. The lowest BCUT2D eigenvalue weighted by molar-refractivity contribution is -0.128. The van der Waals surface area contributed by atoms with Gasteiger partial charge in [0.2, 0.25) is 11.8 Å². The Balaban J connectivity index is 1.36. The number of fused-ring (bicyclic) bond motifs is 3. The van der Waals surface area contributed by atoms with E-state index in [1.54, 1.807) is 4.90 Å². The highest BCUT2D eigenvalue weighted by Crippen LogP contribution is 2.47. The number of aromatic nitrogens is 2. The lowest BCUT2D eigenvalue weighted by atomic mass is 9.74. The van der Waals surface area contributed by atoms with Crippen molar-refractivity contribution in [2.75, 3.05) is 50.1 Å². The quantitative estimate of drug-likeness (QED) is 0.555. The molecule has 4 aliphatic rings. The maximum atomic E-state index is 13.8. The first-order chi connectivity index (χ1) is 19.4. The van der Waals surface area contributed by atoms with Crippen LogP contribution < -0.4 is 15.0 Å². The number of nitrogens with one attached hydrogen (secondary N) is 1. The van der Waals surface area contributed by atoms with E-state index in [2.05, 4.69) is 42.0 Å². The Morgan fingerprint density at radius 2 is 2.12 bits per heavy atom. The van der Waals surface area contributed by atoms with Gasteiger partial charge in [0.25, 0.3) is 0 Å². The van der Waals surface area contributed by atoms with Crippen LogP contribution in [0.15, 0.2) is 36.9 Å². The molecule has 2 amide bonds. The van der Waals surface area contributed by atoms with Crippen LogP contribution in [0.4, 0.5) is 11.5 Å². The second-order valence-electron chi connectivity index (χ2n) is 11.3. The zero-order valence-electron chi connectivity index (χ0n) is 22.9. The maximum absolute atomic E-state index is 13.8. The highest BCUT2D eigenvalue weighted by molar-refractivity contribution is 6.04. The van der Waals surface area contributed by atoms with Crippen molar-refractivity contribution in [1.29, 1.82) is 5.26 Å². The van der Waals surface area contributed by atoms with Gasteiger partial charge in [-0.25, -0.2) is 0 Å². The summed E-state index contributed by atoms with van der Waals surface area (Å²) < 4.78 is 6.22. The summed E-state index contributed by atoms with van der Waals surface area (Å²) in [5.74, 6) is 0.359. The fraction of sp³-hybridized carbons (Fsp3) is 0.500. The number of hydrogen-bond acceptors (Lipinski definition) is 8. The van der Waals surface area contributed by atoms with Crippen LogP contribution in [0.1, 0.15) is 42.5 Å². The number of amides is 2. The number of rotatable bonds is 6. The molecule has 2 fully saturated rings. The van der Waals surface area contributed by atoms with Gasteiger partial charge in [-0.1, -0.05) is 30.8 Å². The molecular formula is C30H35N7O3. The van der Waals surface area contributed by atoms with Crippen molar-refractivity contribution < 1.29 is 14.3 Å². The molecule has 4 heterocycles. The SMILES string of the molecule is C=CC(=O)N1CCN(c2nc(OC[C@@H]3CCCN3C)nc3c2NC(=O)C2(CCc4ccccc42)C3)C[C@@H]1CC#N. The number of carbonyl (C=O) groups is 2. The van der Waals surface area contributed by atoms with Crippen LogP contribution in [0.2, 0.25) is 0 Å². The minimum absolute atomic E-state index is 0.0369. The Kier molecular flexibility index (Phi) is 6.92. The van der Waals surface area contributed by atoms with Gasteiger partial charge in [0, 0.05) is 32.1 Å². The lowest BCUT2D eigenvalue weighted by Crippen LogP contribution is -2.55. The summed E-state index contributed by atoms with van der Waals surface area (Å²) in [4.78, 5) is 42.0. The minimum atomic E-state index is -0.670. The van der Waals surface area contributed by atoms with Gasteiger partial charge in [0.1, 0.15) is 12.3 Å². The zero-order valence-corrected chi connectivity index (χ0v) is 22.9. The number of benzene rings is 1. The van der Waals surface area contributed by atoms with Gasteiger partial charge in [-0.3, -0.25) is 9.59 Å². The molecular weight excluding hydrogens is 506 g/mol. The molecule has 208 valence electrons. The number of likely N-dealkylation sites (N-methyl/N-ethyl adjacent to an activating group) is 1. The molecule has 1 spiro atoms. The van der Waals surface area contributed by atoms with Crippen LogP contribution >= 0.6 is 0 Å². The van der Waals surface area contributed by atoms with Crippen molar-refractivity contribution in [3.05, 3.63) is 53.7 Å². The number of ether oxygens (including phenoxy) is 1. The van der Waals surface area contributed by atoms with Crippen LogP contribution in [-0.2, 0) is 27.8 Å². The lowest BCUT2D eigenvalue weighted by Gasteiger charge is -2.42. The van der Waals surface area contributed by atoms with Crippen molar-refractivity contribution in [3.63, 3.8) is 0 Å². The second kappa shape index (κ2) is 10.5. The Morgan fingerprint density at radius 1 is 1.27 bits per heavy atom. The third kappa shape index (κ3) is 4.48. The average Bonchev–Trinajstić information content (AvgIpc) is 3.55. The minimum Gasteiger partial charge on any atom is -0.462 e. The maximum Gasteiger partial charge on any atom is 0.318 e. The number of nitriles is 1. The third-order valence-corrected chi connectivity index (χ3v) is 9.08. The van der Waals surface area contributed by atoms with Crippen LogP contribution in [0, 0.1) is 11.3 Å². The molecule has 1 N–H and O–H groups in total. The Bertz CT molecular complexity index is 1390. The van der Waals surface area contributed by atoms with Crippen LogP contribution in [0.25, 0.3) is 0 Å².